The van der Waals surface area contributed by atoms with E-state index in [1.54, 1.807) is 58.1 Å². The SMILES string of the molecule is COc1cc(/C=C/C(=O)C(C)(C)C(=O)/C=C/[C@@]2(C)C=C(C#N)C(=O)C(C)(C)C2)ccc1O. The van der Waals surface area contributed by atoms with Crippen LogP contribution in [0.1, 0.15) is 46.6 Å². The van der Waals surface area contributed by atoms with Gasteiger partial charge in [-0.15, -0.1) is 0 Å². The van der Waals surface area contributed by atoms with Gasteiger partial charge in [0.25, 0.3) is 0 Å². The Morgan fingerprint density at radius 3 is 2.41 bits per heavy atom. The summed E-state index contributed by atoms with van der Waals surface area (Å²) in [6, 6.07) is 6.62. The molecule has 0 fully saturated rings. The van der Waals surface area contributed by atoms with Gasteiger partial charge in [0.2, 0.25) is 0 Å². The maximum Gasteiger partial charge on any atom is 0.178 e. The first-order valence-electron chi connectivity index (χ1n) is 10.3. The number of ether oxygens (including phenoxy) is 1. The van der Waals surface area contributed by atoms with Crippen LogP contribution in [0.3, 0.4) is 0 Å². The van der Waals surface area contributed by atoms with Gasteiger partial charge in [-0.05, 0) is 50.1 Å². The fourth-order valence-electron chi connectivity index (χ4n) is 3.81. The van der Waals surface area contributed by atoms with Gasteiger partial charge in [0.05, 0.1) is 18.1 Å². The lowest BCUT2D eigenvalue weighted by atomic mass is 9.65. The molecule has 1 aliphatic rings. The Balaban J connectivity index is 2.22. The number of rotatable bonds is 7. The van der Waals surface area contributed by atoms with Gasteiger partial charge in [0, 0.05) is 10.8 Å². The largest absolute Gasteiger partial charge is 0.504 e. The molecular formula is C26H29NO5. The second kappa shape index (κ2) is 8.96. The molecule has 2 rings (SSSR count). The van der Waals surface area contributed by atoms with Gasteiger partial charge in [-0.25, -0.2) is 0 Å². The molecule has 168 valence electrons. The van der Waals surface area contributed by atoms with Crippen molar-refractivity contribution in [3.8, 4) is 17.6 Å². The van der Waals surface area contributed by atoms with Gasteiger partial charge in [0.1, 0.15) is 6.07 Å². The number of nitriles is 1. The summed E-state index contributed by atoms with van der Waals surface area (Å²) in [4.78, 5) is 38.0. The van der Waals surface area contributed by atoms with Crippen molar-refractivity contribution in [3.63, 3.8) is 0 Å². The quantitative estimate of drug-likeness (QED) is 0.496. The predicted octanol–water partition coefficient (Wildman–Crippen LogP) is 4.59. The molecule has 0 saturated heterocycles. The van der Waals surface area contributed by atoms with Crippen molar-refractivity contribution in [3.05, 3.63) is 53.6 Å². The number of hydrogen-bond acceptors (Lipinski definition) is 6. The van der Waals surface area contributed by atoms with Crippen LogP contribution < -0.4 is 4.74 Å². The third-order valence-corrected chi connectivity index (χ3v) is 5.76. The maximum atomic E-state index is 12.9. The van der Waals surface area contributed by atoms with Crippen molar-refractivity contribution < 1.29 is 24.2 Å². The number of benzene rings is 1. The summed E-state index contributed by atoms with van der Waals surface area (Å²) in [5.74, 6) is -0.685. The standard InChI is InChI=1S/C26H29NO5/c1-24(2)16-26(5,14-18(15-27)23(24)31)12-11-22(30)25(3,4)21(29)10-8-17-7-9-19(28)20(13-17)32-6/h7-14,28H,16H2,1-6H3/b10-8+,12-11+/t26-/m0/s1. The molecule has 1 aromatic carbocycles. The number of phenols is 1. The number of Topliss-reactive ketones (excluding diaryl/α,β-unsaturated/α-hetero) is 1. The normalized spacial score (nSPS) is 20.8. The van der Waals surface area contributed by atoms with Crippen LogP contribution in [0.5, 0.6) is 11.5 Å². The smallest absolute Gasteiger partial charge is 0.178 e. The van der Waals surface area contributed by atoms with E-state index in [0.29, 0.717) is 12.0 Å². The number of ketones is 3. The summed E-state index contributed by atoms with van der Waals surface area (Å²) in [6.07, 6.45) is 7.97. The molecule has 32 heavy (non-hydrogen) atoms. The highest BCUT2D eigenvalue weighted by Gasteiger charge is 2.42. The number of carbonyl (C=O) groups is 3. The fourth-order valence-corrected chi connectivity index (χ4v) is 3.81. The fraction of sp³-hybridized carbons (Fsp3) is 0.385. The third-order valence-electron chi connectivity index (χ3n) is 5.76. The van der Waals surface area contributed by atoms with Crippen LogP contribution in [-0.2, 0) is 14.4 Å². The van der Waals surface area contributed by atoms with Gasteiger partial charge in [-0.2, -0.15) is 5.26 Å². The topological polar surface area (TPSA) is 104 Å². The number of nitrogens with zero attached hydrogens (tertiary/aromatic N) is 1. The monoisotopic (exact) mass is 435 g/mol. The number of allylic oxidation sites excluding steroid dienone is 5. The number of aromatic hydroxyl groups is 1. The highest BCUT2D eigenvalue weighted by atomic mass is 16.5. The summed E-state index contributed by atoms with van der Waals surface area (Å²) in [5, 5.41) is 19.0. The Morgan fingerprint density at radius 1 is 1.19 bits per heavy atom. The first-order chi connectivity index (χ1) is 14.8. The Bertz CT molecular complexity index is 1080. The highest BCUT2D eigenvalue weighted by Crippen LogP contribution is 2.43. The molecule has 0 aromatic heterocycles. The van der Waals surface area contributed by atoms with E-state index in [9.17, 15) is 24.8 Å². The summed E-state index contributed by atoms with van der Waals surface area (Å²) in [7, 11) is 1.43. The Hall–Kier alpha value is -3.46. The molecule has 0 saturated carbocycles. The zero-order chi connectivity index (χ0) is 24.3. The summed E-state index contributed by atoms with van der Waals surface area (Å²) in [5.41, 5.74) is -1.95. The lowest BCUT2D eigenvalue weighted by molar-refractivity contribution is -0.133. The molecular weight excluding hydrogens is 406 g/mol. The first-order valence-corrected chi connectivity index (χ1v) is 10.3. The average molecular weight is 436 g/mol. The molecule has 0 radical (unpaired) electrons. The molecule has 0 amide bonds. The lowest BCUT2D eigenvalue weighted by Crippen LogP contribution is -2.36. The molecule has 0 unspecified atom stereocenters. The van der Waals surface area contributed by atoms with E-state index < -0.39 is 16.2 Å². The van der Waals surface area contributed by atoms with Crippen LogP contribution in [0.2, 0.25) is 0 Å². The van der Waals surface area contributed by atoms with Crippen LogP contribution in [0.25, 0.3) is 6.08 Å². The second-order valence-electron chi connectivity index (χ2n) is 9.52. The zero-order valence-electron chi connectivity index (χ0n) is 19.4. The molecule has 1 aromatic rings. The van der Waals surface area contributed by atoms with E-state index in [1.807, 2.05) is 13.0 Å². The zero-order valence-corrected chi connectivity index (χ0v) is 19.4. The predicted molar refractivity (Wildman–Crippen MR) is 122 cm³/mol. The van der Waals surface area contributed by atoms with Crippen molar-refractivity contribution in [1.29, 1.82) is 5.26 Å². The van der Waals surface area contributed by atoms with Crippen molar-refractivity contribution in [2.45, 2.75) is 41.0 Å². The van der Waals surface area contributed by atoms with Crippen LogP contribution in [0.4, 0.5) is 0 Å². The van der Waals surface area contributed by atoms with Crippen molar-refractivity contribution in [1.82, 2.24) is 0 Å². The molecule has 6 heteroatoms. The van der Waals surface area contributed by atoms with Crippen LogP contribution >= 0.6 is 0 Å². The van der Waals surface area contributed by atoms with Gasteiger partial charge in [0.15, 0.2) is 28.8 Å². The Kier molecular flexibility index (Phi) is 6.94. The van der Waals surface area contributed by atoms with Crippen LogP contribution in [-0.4, -0.2) is 29.6 Å². The van der Waals surface area contributed by atoms with E-state index in [4.69, 9.17) is 4.74 Å². The van der Waals surface area contributed by atoms with Crippen molar-refractivity contribution >= 4 is 23.4 Å². The summed E-state index contributed by atoms with van der Waals surface area (Å²) < 4.78 is 5.06. The molecule has 0 spiro atoms. The third kappa shape index (κ3) is 5.23. The Morgan fingerprint density at radius 2 is 1.81 bits per heavy atom. The number of phenolic OH excluding ortho intramolecular Hbond substituents is 1. The van der Waals surface area contributed by atoms with Crippen molar-refractivity contribution in [2.75, 3.05) is 7.11 Å². The van der Waals surface area contributed by atoms with Crippen LogP contribution in [0.15, 0.2) is 48.1 Å². The van der Waals surface area contributed by atoms with Gasteiger partial charge in [-0.3, -0.25) is 14.4 Å². The summed E-state index contributed by atoms with van der Waals surface area (Å²) >= 11 is 0. The highest BCUT2D eigenvalue weighted by molar-refractivity contribution is 6.15. The van der Waals surface area contributed by atoms with Crippen molar-refractivity contribution in [2.24, 2.45) is 16.2 Å². The van der Waals surface area contributed by atoms with E-state index >= 15 is 0 Å². The maximum absolute atomic E-state index is 12.9. The minimum absolute atomic E-state index is 0.00804. The van der Waals surface area contributed by atoms with Gasteiger partial charge in [-0.1, -0.05) is 45.1 Å². The molecule has 1 N–H and O–H groups in total. The van der Waals surface area contributed by atoms with E-state index in [1.165, 1.54) is 25.3 Å². The lowest BCUT2D eigenvalue weighted by Gasteiger charge is -2.37. The molecule has 1 aliphatic carbocycles. The molecule has 0 aliphatic heterocycles. The first kappa shape index (κ1) is 24.8. The number of methoxy groups -OCH3 is 1. The molecule has 1 atom stereocenters. The van der Waals surface area contributed by atoms with Crippen LogP contribution in [0, 0.1) is 27.6 Å². The molecule has 0 heterocycles. The van der Waals surface area contributed by atoms with Gasteiger partial charge >= 0.3 is 0 Å². The minimum Gasteiger partial charge on any atom is -0.504 e. The molecule has 6 nitrogen and oxygen atoms in total. The average Bonchev–Trinajstić information content (AvgIpc) is 2.73. The van der Waals surface area contributed by atoms with E-state index in [2.05, 4.69) is 0 Å². The van der Waals surface area contributed by atoms with E-state index in [0.717, 1.165) is 0 Å². The molecule has 0 bridgehead atoms. The minimum atomic E-state index is -1.30. The number of carbonyl (C=O) groups excluding carboxylic acids is 3. The summed E-state index contributed by atoms with van der Waals surface area (Å²) in [6.45, 7) is 8.53. The Labute approximate surface area is 188 Å². The van der Waals surface area contributed by atoms with Gasteiger partial charge < -0.3 is 9.84 Å². The van der Waals surface area contributed by atoms with E-state index in [-0.39, 0.29) is 34.4 Å². The number of hydrogen-bond donors (Lipinski definition) is 1. The second-order valence-corrected chi connectivity index (χ2v) is 9.52.